The average molecular weight is 293 g/mol. The van der Waals surface area contributed by atoms with Crippen molar-refractivity contribution in [3.05, 3.63) is 35.9 Å². The van der Waals surface area contributed by atoms with Gasteiger partial charge in [-0.1, -0.05) is 58.0 Å². The molecule has 0 heterocycles. The Morgan fingerprint density at radius 3 is 2.25 bits per heavy atom. The fourth-order valence-electron chi connectivity index (χ4n) is 2.29. The number of carbonyl (C=O) groups excluding carboxylic acids is 1. The number of hydrogen-bond donors (Lipinski definition) is 1. The molecule has 1 aromatic carbocycles. The topological polar surface area (TPSA) is 29.1 Å². The SMILES string of the molecule is CC(C)C(NC(=O)CCSCc1ccccc1)C(C)C. The molecule has 20 heavy (non-hydrogen) atoms. The Bertz CT molecular complexity index is 381. The van der Waals surface area contributed by atoms with Gasteiger partial charge in [0.15, 0.2) is 0 Å². The Morgan fingerprint density at radius 1 is 1.10 bits per heavy atom. The van der Waals surface area contributed by atoms with Crippen molar-refractivity contribution in [1.29, 1.82) is 0 Å². The first kappa shape index (κ1) is 17.1. The molecule has 0 aliphatic carbocycles. The van der Waals surface area contributed by atoms with Crippen molar-refractivity contribution in [3.8, 4) is 0 Å². The van der Waals surface area contributed by atoms with Crippen LogP contribution >= 0.6 is 11.8 Å². The third-order valence-corrected chi connectivity index (χ3v) is 4.38. The first-order valence-electron chi connectivity index (χ1n) is 7.41. The highest BCUT2D eigenvalue weighted by Gasteiger charge is 2.19. The van der Waals surface area contributed by atoms with Gasteiger partial charge in [0.2, 0.25) is 5.91 Å². The molecule has 1 amide bonds. The minimum absolute atomic E-state index is 0.179. The second-order valence-corrected chi connectivity index (χ2v) is 6.97. The minimum Gasteiger partial charge on any atom is -0.353 e. The number of hydrogen-bond acceptors (Lipinski definition) is 2. The van der Waals surface area contributed by atoms with E-state index in [1.165, 1.54) is 5.56 Å². The van der Waals surface area contributed by atoms with E-state index in [4.69, 9.17) is 0 Å². The second kappa shape index (κ2) is 9.06. The smallest absolute Gasteiger partial charge is 0.221 e. The second-order valence-electron chi connectivity index (χ2n) is 5.87. The van der Waals surface area contributed by atoms with Gasteiger partial charge in [-0.25, -0.2) is 0 Å². The molecular weight excluding hydrogens is 266 g/mol. The summed E-state index contributed by atoms with van der Waals surface area (Å²) in [6, 6.07) is 10.7. The quantitative estimate of drug-likeness (QED) is 0.731. The summed E-state index contributed by atoms with van der Waals surface area (Å²) in [5, 5.41) is 3.16. The van der Waals surface area contributed by atoms with Crippen LogP contribution < -0.4 is 5.32 Å². The van der Waals surface area contributed by atoms with Crippen molar-refractivity contribution in [2.45, 2.75) is 45.9 Å². The van der Waals surface area contributed by atoms with Crippen LogP contribution in [0.1, 0.15) is 39.7 Å². The Morgan fingerprint density at radius 2 is 1.70 bits per heavy atom. The number of benzene rings is 1. The molecule has 0 radical (unpaired) electrons. The van der Waals surface area contributed by atoms with Gasteiger partial charge in [0.25, 0.3) is 0 Å². The lowest BCUT2D eigenvalue weighted by Gasteiger charge is -2.26. The van der Waals surface area contributed by atoms with E-state index in [2.05, 4.69) is 57.3 Å². The Balaban J connectivity index is 2.23. The summed E-state index contributed by atoms with van der Waals surface area (Å²) in [7, 11) is 0. The predicted octanol–water partition coefficient (Wildman–Crippen LogP) is 4.11. The first-order valence-corrected chi connectivity index (χ1v) is 8.57. The zero-order valence-corrected chi connectivity index (χ0v) is 13.9. The summed E-state index contributed by atoms with van der Waals surface area (Å²) in [4.78, 5) is 11.9. The molecule has 1 N–H and O–H groups in total. The van der Waals surface area contributed by atoms with Crippen LogP contribution in [0.2, 0.25) is 0 Å². The van der Waals surface area contributed by atoms with Crippen LogP contribution in [0.5, 0.6) is 0 Å². The lowest BCUT2D eigenvalue weighted by molar-refractivity contribution is -0.122. The molecule has 0 atom stereocenters. The van der Waals surface area contributed by atoms with E-state index in [0.717, 1.165) is 11.5 Å². The molecule has 0 fully saturated rings. The van der Waals surface area contributed by atoms with Crippen LogP contribution in [0.25, 0.3) is 0 Å². The maximum Gasteiger partial charge on any atom is 0.221 e. The highest BCUT2D eigenvalue weighted by molar-refractivity contribution is 7.98. The lowest BCUT2D eigenvalue weighted by Crippen LogP contribution is -2.42. The number of amides is 1. The highest BCUT2D eigenvalue weighted by Crippen LogP contribution is 2.14. The van der Waals surface area contributed by atoms with E-state index in [9.17, 15) is 4.79 Å². The molecule has 1 aromatic rings. The molecule has 0 aliphatic heterocycles. The van der Waals surface area contributed by atoms with E-state index in [1.807, 2.05) is 17.8 Å². The van der Waals surface area contributed by atoms with Gasteiger partial charge >= 0.3 is 0 Å². The van der Waals surface area contributed by atoms with Crippen molar-refractivity contribution in [1.82, 2.24) is 5.32 Å². The normalized spacial score (nSPS) is 11.3. The molecule has 0 saturated heterocycles. The molecule has 0 unspecified atom stereocenters. The predicted molar refractivity (Wildman–Crippen MR) is 88.8 cm³/mol. The summed E-state index contributed by atoms with van der Waals surface area (Å²) < 4.78 is 0. The summed E-state index contributed by atoms with van der Waals surface area (Å²) in [5.41, 5.74) is 1.32. The Kier molecular flexibility index (Phi) is 7.75. The van der Waals surface area contributed by atoms with Gasteiger partial charge in [-0.05, 0) is 17.4 Å². The van der Waals surface area contributed by atoms with Gasteiger partial charge in [-0.15, -0.1) is 0 Å². The number of nitrogens with one attached hydrogen (secondary N) is 1. The molecule has 0 spiro atoms. The summed E-state index contributed by atoms with van der Waals surface area (Å²) in [6.45, 7) is 8.65. The average Bonchev–Trinajstić information content (AvgIpc) is 2.41. The fourth-order valence-corrected chi connectivity index (χ4v) is 3.19. The zero-order valence-electron chi connectivity index (χ0n) is 13.1. The lowest BCUT2D eigenvalue weighted by atomic mass is 9.93. The first-order chi connectivity index (χ1) is 9.50. The fraction of sp³-hybridized carbons (Fsp3) is 0.588. The molecule has 1 rings (SSSR count). The summed E-state index contributed by atoms with van der Waals surface area (Å²) in [6.07, 6.45) is 0.605. The van der Waals surface area contributed by atoms with Crippen LogP contribution in [0.15, 0.2) is 30.3 Å². The number of rotatable bonds is 8. The van der Waals surface area contributed by atoms with Crippen molar-refractivity contribution in [3.63, 3.8) is 0 Å². The van der Waals surface area contributed by atoms with Gasteiger partial charge in [-0.2, -0.15) is 11.8 Å². The molecule has 0 bridgehead atoms. The third kappa shape index (κ3) is 6.47. The molecule has 3 heteroatoms. The molecular formula is C17H27NOS. The van der Waals surface area contributed by atoms with E-state index in [1.54, 1.807) is 0 Å². The van der Waals surface area contributed by atoms with Crippen LogP contribution in [0.4, 0.5) is 0 Å². The highest BCUT2D eigenvalue weighted by atomic mass is 32.2. The molecule has 0 aliphatic rings. The van der Waals surface area contributed by atoms with Gasteiger partial charge < -0.3 is 5.32 Å². The largest absolute Gasteiger partial charge is 0.353 e. The van der Waals surface area contributed by atoms with E-state index in [0.29, 0.717) is 18.3 Å². The summed E-state index contributed by atoms with van der Waals surface area (Å²) >= 11 is 1.82. The maximum absolute atomic E-state index is 11.9. The van der Waals surface area contributed by atoms with Crippen molar-refractivity contribution >= 4 is 17.7 Å². The van der Waals surface area contributed by atoms with Crippen molar-refractivity contribution in [2.75, 3.05) is 5.75 Å². The van der Waals surface area contributed by atoms with Gasteiger partial charge in [0.05, 0.1) is 0 Å². The van der Waals surface area contributed by atoms with Crippen LogP contribution in [-0.4, -0.2) is 17.7 Å². The minimum atomic E-state index is 0.179. The van der Waals surface area contributed by atoms with Gasteiger partial charge in [0.1, 0.15) is 0 Å². The Hall–Kier alpha value is -0.960. The van der Waals surface area contributed by atoms with Crippen molar-refractivity contribution < 1.29 is 4.79 Å². The van der Waals surface area contributed by atoms with Crippen LogP contribution in [-0.2, 0) is 10.5 Å². The third-order valence-electron chi connectivity index (χ3n) is 3.35. The van der Waals surface area contributed by atoms with Crippen LogP contribution in [0, 0.1) is 11.8 Å². The Labute approximate surface area is 127 Å². The molecule has 112 valence electrons. The van der Waals surface area contributed by atoms with E-state index in [-0.39, 0.29) is 11.9 Å². The molecule has 0 aromatic heterocycles. The van der Waals surface area contributed by atoms with Gasteiger partial charge in [0, 0.05) is 24.0 Å². The van der Waals surface area contributed by atoms with E-state index >= 15 is 0 Å². The molecule has 2 nitrogen and oxygen atoms in total. The monoisotopic (exact) mass is 293 g/mol. The zero-order chi connectivity index (χ0) is 15.0. The number of thioether (sulfide) groups is 1. The molecule has 0 saturated carbocycles. The van der Waals surface area contributed by atoms with Crippen molar-refractivity contribution in [2.24, 2.45) is 11.8 Å². The van der Waals surface area contributed by atoms with E-state index < -0.39 is 0 Å². The van der Waals surface area contributed by atoms with Gasteiger partial charge in [-0.3, -0.25) is 4.79 Å². The number of carbonyl (C=O) groups is 1. The van der Waals surface area contributed by atoms with Crippen LogP contribution in [0.3, 0.4) is 0 Å². The maximum atomic E-state index is 11.9. The standard InChI is InChI=1S/C17H27NOS/c1-13(2)17(14(3)4)18-16(19)10-11-20-12-15-8-6-5-7-9-15/h5-9,13-14,17H,10-12H2,1-4H3,(H,18,19). The summed E-state index contributed by atoms with van der Waals surface area (Å²) in [5.74, 6) is 3.00.